The van der Waals surface area contributed by atoms with Gasteiger partial charge < -0.3 is 9.80 Å². The monoisotopic (exact) mass is 385 g/mol. The number of carbonyl (C=O) groups excluding carboxylic acids is 1. The minimum Gasteiger partial charge on any atom is -0.353 e. The second-order valence-electron chi connectivity index (χ2n) is 6.92. The molecule has 2 aromatic heterocycles. The highest BCUT2D eigenvalue weighted by Crippen LogP contribution is 2.19. The van der Waals surface area contributed by atoms with Crippen LogP contribution in [0.4, 0.5) is 5.82 Å². The molecule has 0 N–H and O–H groups in total. The highest BCUT2D eigenvalue weighted by Gasteiger charge is 2.23. The Morgan fingerprint density at radius 1 is 0.828 bits per heavy atom. The van der Waals surface area contributed by atoms with Gasteiger partial charge in [-0.1, -0.05) is 30.3 Å². The third kappa shape index (κ3) is 3.40. The summed E-state index contributed by atoms with van der Waals surface area (Å²) in [6.45, 7) is 2.73. The summed E-state index contributed by atoms with van der Waals surface area (Å²) in [6, 6.07) is 15.9. The molecule has 8 nitrogen and oxygen atoms in total. The van der Waals surface area contributed by atoms with Gasteiger partial charge in [0.1, 0.15) is 24.8 Å². The lowest BCUT2D eigenvalue weighted by Crippen LogP contribution is -2.49. The fourth-order valence-corrected chi connectivity index (χ4v) is 3.61. The second kappa shape index (κ2) is 7.31. The summed E-state index contributed by atoms with van der Waals surface area (Å²) in [5.74, 6) is 1.56. The topological polar surface area (TPSA) is 80.0 Å². The number of nitrogens with zero attached hydrogens (tertiary/aromatic N) is 7. The molecule has 0 aliphatic carbocycles. The van der Waals surface area contributed by atoms with Gasteiger partial charge >= 0.3 is 0 Å². The number of hydrogen-bond acceptors (Lipinski definition) is 6. The van der Waals surface area contributed by atoms with Gasteiger partial charge in [0.2, 0.25) is 0 Å². The molecule has 1 aliphatic rings. The van der Waals surface area contributed by atoms with Gasteiger partial charge in [-0.25, -0.2) is 19.6 Å². The fraction of sp³-hybridized carbons (Fsp3) is 0.190. The SMILES string of the molecule is O=C(c1ccc2ccccc2c1)N1CCN(c2cc(-n3cncn3)ncn2)CC1. The van der Waals surface area contributed by atoms with Crippen molar-refractivity contribution in [1.29, 1.82) is 0 Å². The molecule has 0 bridgehead atoms. The van der Waals surface area contributed by atoms with E-state index < -0.39 is 0 Å². The first kappa shape index (κ1) is 17.3. The number of carbonyl (C=O) groups is 1. The third-order valence-corrected chi connectivity index (χ3v) is 5.18. The minimum atomic E-state index is 0.0707. The van der Waals surface area contributed by atoms with E-state index in [0.29, 0.717) is 32.0 Å². The van der Waals surface area contributed by atoms with Gasteiger partial charge in [0.15, 0.2) is 5.82 Å². The molecule has 29 heavy (non-hydrogen) atoms. The molecule has 1 saturated heterocycles. The van der Waals surface area contributed by atoms with Crippen LogP contribution in [0.1, 0.15) is 10.4 Å². The number of piperazine rings is 1. The quantitative estimate of drug-likeness (QED) is 0.538. The van der Waals surface area contributed by atoms with Crippen molar-refractivity contribution in [2.24, 2.45) is 0 Å². The van der Waals surface area contributed by atoms with Crippen LogP contribution in [0.3, 0.4) is 0 Å². The summed E-state index contributed by atoms with van der Waals surface area (Å²) in [4.78, 5) is 29.6. The molecule has 2 aromatic carbocycles. The summed E-state index contributed by atoms with van der Waals surface area (Å²) >= 11 is 0. The molecule has 0 radical (unpaired) electrons. The summed E-state index contributed by atoms with van der Waals surface area (Å²) < 4.78 is 1.60. The van der Waals surface area contributed by atoms with Crippen molar-refractivity contribution in [3.05, 3.63) is 73.1 Å². The van der Waals surface area contributed by atoms with E-state index in [-0.39, 0.29) is 5.91 Å². The Bertz CT molecular complexity index is 1150. The van der Waals surface area contributed by atoms with Crippen LogP contribution in [0.25, 0.3) is 16.6 Å². The van der Waals surface area contributed by atoms with E-state index in [1.54, 1.807) is 11.0 Å². The zero-order chi connectivity index (χ0) is 19.6. The van der Waals surface area contributed by atoms with E-state index in [4.69, 9.17) is 0 Å². The molecule has 1 fully saturated rings. The molecule has 1 aliphatic heterocycles. The van der Waals surface area contributed by atoms with Gasteiger partial charge in [0, 0.05) is 37.8 Å². The van der Waals surface area contributed by atoms with Gasteiger partial charge in [-0.05, 0) is 22.9 Å². The Balaban J connectivity index is 1.28. The number of anilines is 1. The lowest BCUT2D eigenvalue weighted by Gasteiger charge is -2.35. The summed E-state index contributed by atoms with van der Waals surface area (Å²) in [5.41, 5.74) is 0.729. The van der Waals surface area contributed by atoms with Gasteiger partial charge in [0.05, 0.1) is 0 Å². The van der Waals surface area contributed by atoms with E-state index in [1.807, 2.05) is 47.4 Å². The summed E-state index contributed by atoms with van der Waals surface area (Å²) in [7, 11) is 0. The molecule has 8 heteroatoms. The van der Waals surface area contributed by atoms with Crippen molar-refractivity contribution in [3.63, 3.8) is 0 Å². The first-order valence-electron chi connectivity index (χ1n) is 9.48. The molecule has 144 valence electrons. The van der Waals surface area contributed by atoms with Gasteiger partial charge in [0.25, 0.3) is 5.91 Å². The number of rotatable bonds is 3. The van der Waals surface area contributed by atoms with Gasteiger partial charge in [-0.15, -0.1) is 0 Å². The lowest BCUT2D eigenvalue weighted by molar-refractivity contribution is 0.0746. The number of amides is 1. The van der Waals surface area contributed by atoms with Crippen LogP contribution in [0.2, 0.25) is 0 Å². The number of benzene rings is 2. The van der Waals surface area contributed by atoms with E-state index in [2.05, 4.69) is 31.0 Å². The Kier molecular flexibility index (Phi) is 4.36. The Morgan fingerprint density at radius 3 is 2.41 bits per heavy atom. The van der Waals surface area contributed by atoms with Gasteiger partial charge in [-0.2, -0.15) is 5.10 Å². The largest absolute Gasteiger partial charge is 0.353 e. The Morgan fingerprint density at radius 2 is 1.62 bits per heavy atom. The Labute approximate surface area is 167 Å². The summed E-state index contributed by atoms with van der Waals surface area (Å²) in [6.07, 6.45) is 4.60. The zero-order valence-corrected chi connectivity index (χ0v) is 15.7. The van der Waals surface area contributed by atoms with Crippen molar-refractivity contribution in [3.8, 4) is 5.82 Å². The van der Waals surface area contributed by atoms with Crippen LogP contribution in [0.15, 0.2) is 67.5 Å². The van der Waals surface area contributed by atoms with Crippen molar-refractivity contribution in [2.75, 3.05) is 31.1 Å². The molecule has 1 amide bonds. The van der Waals surface area contributed by atoms with Crippen molar-refractivity contribution in [1.82, 2.24) is 29.6 Å². The molecule has 4 aromatic rings. The zero-order valence-electron chi connectivity index (χ0n) is 15.7. The van der Waals surface area contributed by atoms with E-state index >= 15 is 0 Å². The van der Waals surface area contributed by atoms with Crippen molar-refractivity contribution < 1.29 is 4.79 Å². The molecule has 0 saturated carbocycles. The summed E-state index contributed by atoms with van der Waals surface area (Å²) in [5, 5.41) is 6.33. The first-order valence-corrected chi connectivity index (χ1v) is 9.48. The smallest absolute Gasteiger partial charge is 0.253 e. The van der Waals surface area contributed by atoms with Crippen molar-refractivity contribution in [2.45, 2.75) is 0 Å². The third-order valence-electron chi connectivity index (χ3n) is 5.18. The van der Waals surface area contributed by atoms with Crippen LogP contribution >= 0.6 is 0 Å². The van der Waals surface area contributed by atoms with E-state index in [1.165, 1.54) is 12.7 Å². The van der Waals surface area contributed by atoms with Crippen LogP contribution in [0.5, 0.6) is 0 Å². The minimum absolute atomic E-state index is 0.0707. The van der Waals surface area contributed by atoms with Crippen LogP contribution in [-0.4, -0.2) is 61.7 Å². The predicted molar refractivity (Wildman–Crippen MR) is 109 cm³/mol. The average Bonchev–Trinajstić information content (AvgIpc) is 3.34. The number of hydrogen-bond donors (Lipinski definition) is 0. The van der Waals surface area contributed by atoms with E-state index in [0.717, 1.165) is 22.2 Å². The molecular weight excluding hydrogens is 366 g/mol. The Hall–Kier alpha value is -3.81. The fourth-order valence-electron chi connectivity index (χ4n) is 3.61. The second-order valence-corrected chi connectivity index (χ2v) is 6.92. The molecule has 5 rings (SSSR count). The van der Waals surface area contributed by atoms with Crippen LogP contribution < -0.4 is 4.90 Å². The maximum absolute atomic E-state index is 13.0. The normalized spacial score (nSPS) is 14.3. The maximum atomic E-state index is 13.0. The highest BCUT2D eigenvalue weighted by molar-refractivity contribution is 5.98. The highest BCUT2D eigenvalue weighted by atomic mass is 16.2. The number of fused-ring (bicyclic) bond motifs is 1. The van der Waals surface area contributed by atoms with Crippen molar-refractivity contribution >= 4 is 22.5 Å². The molecule has 0 spiro atoms. The number of aromatic nitrogens is 5. The molecule has 0 unspecified atom stereocenters. The predicted octanol–water partition coefficient (Wildman–Crippen LogP) is 2.17. The van der Waals surface area contributed by atoms with E-state index in [9.17, 15) is 4.79 Å². The molecule has 3 heterocycles. The first-order chi connectivity index (χ1) is 14.3. The lowest BCUT2D eigenvalue weighted by atomic mass is 10.1. The van der Waals surface area contributed by atoms with Crippen LogP contribution in [0, 0.1) is 0 Å². The van der Waals surface area contributed by atoms with Crippen LogP contribution in [-0.2, 0) is 0 Å². The standard InChI is InChI=1S/C21H19N7O/c29-21(18-6-5-16-3-1-2-4-17(16)11-18)27-9-7-26(8-10-27)19-12-20(24-14-23-19)28-15-22-13-25-28/h1-6,11-15H,7-10H2. The molecular formula is C21H19N7O. The van der Waals surface area contributed by atoms with Gasteiger partial charge in [-0.3, -0.25) is 4.79 Å². The average molecular weight is 385 g/mol. The maximum Gasteiger partial charge on any atom is 0.253 e. The molecule has 0 atom stereocenters.